The van der Waals surface area contributed by atoms with Gasteiger partial charge in [0.15, 0.2) is 5.82 Å². The maximum Gasteiger partial charge on any atom is 0.229 e. The SMILES string of the molecule is Clc1cnc2nc1Nc1cccc(c1)OCCc1cc(cc(-c3ccc(N4CCNCC4)nc3)c1)N2. The lowest BCUT2D eigenvalue weighted by molar-refractivity contribution is 0.322. The standard InChI is InChI=1S/C27H26ClN7O/c28-24-17-31-27-33-22-13-18(6-11-36-23-3-1-2-21(15-23)32-26(24)34-27)12-20(14-22)19-4-5-25(30-16-19)35-9-7-29-8-10-35/h1-5,12-17,29H,6-11H2,(H2,31,32,33,34). The largest absolute Gasteiger partial charge is 0.493 e. The molecule has 182 valence electrons. The van der Waals surface area contributed by atoms with E-state index >= 15 is 0 Å². The van der Waals surface area contributed by atoms with Crippen molar-refractivity contribution in [3.05, 3.63) is 77.6 Å². The molecule has 0 saturated carbocycles. The van der Waals surface area contributed by atoms with Crippen LogP contribution in [0.1, 0.15) is 5.56 Å². The van der Waals surface area contributed by atoms with Crippen LogP contribution in [0.3, 0.4) is 0 Å². The minimum atomic E-state index is 0.434. The summed E-state index contributed by atoms with van der Waals surface area (Å²) in [5.74, 6) is 2.77. The zero-order valence-corrected chi connectivity index (χ0v) is 20.4. The Kier molecular flexibility index (Phi) is 6.27. The quantitative estimate of drug-likeness (QED) is 0.354. The molecule has 2 aliphatic heterocycles. The fourth-order valence-corrected chi connectivity index (χ4v) is 4.58. The minimum absolute atomic E-state index is 0.434. The van der Waals surface area contributed by atoms with Crippen molar-refractivity contribution in [2.75, 3.05) is 48.3 Å². The lowest BCUT2D eigenvalue weighted by atomic mass is 10.0. The monoisotopic (exact) mass is 499 g/mol. The van der Waals surface area contributed by atoms with Crippen molar-refractivity contribution < 1.29 is 4.74 Å². The zero-order valence-electron chi connectivity index (χ0n) is 19.7. The number of hydrogen-bond donors (Lipinski definition) is 3. The number of pyridine rings is 1. The van der Waals surface area contributed by atoms with Crippen molar-refractivity contribution in [1.29, 1.82) is 0 Å². The predicted octanol–water partition coefficient (Wildman–Crippen LogP) is 5.02. The summed E-state index contributed by atoms with van der Waals surface area (Å²) < 4.78 is 6.05. The van der Waals surface area contributed by atoms with Gasteiger partial charge in [0, 0.05) is 61.8 Å². The summed E-state index contributed by atoms with van der Waals surface area (Å²) in [6.07, 6.45) is 4.29. The Balaban J connectivity index is 1.34. The third-order valence-corrected chi connectivity index (χ3v) is 6.55. The van der Waals surface area contributed by atoms with Gasteiger partial charge in [-0.2, -0.15) is 4.98 Å². The van der Waals surface area contributed by atoms with E-state index in [9.17, 15) is 0 Å². The van der Waals surface area contributed by atoms with E-state index in [-0.39, 0.29) is 0 Å². The molecule has 3 N–H and O–H groups in total. The maximum atomic E-state index is 6.37. The lowest BCUT2D eigenvalue weighted by Crippen LogP contribution is -2.43. The van der Waals surface area contributed by atoms with Gasteiger partial charge in [0.1, 0.15) is 16.6 Å². The molecule has 4 aromatic rings. The molecule has 2 aliphatic rings. The molecular weight excluding hydrogens is 474 g/mol. The van der Waals surface area contributed by atoms with E-state index in [1.54, 1.807) is 6.20 Å². The van der Waals surface area contributed by atoms with E-state index in [1.165, 1.54) is 0 Å². The number of fused-ring (bicyclic) bond motifs is 6. The van der Waals surface area contributed by atoms with Crippen LogP contribution >= 0.6 is 11.6 Å². The van der Waals surface area contributed by atoms with Gasteiger partial charge in [0.05, 0.1) is 12.8 Å². The molecule has 9 heteroatoms. The van der Waals surface area contributed by atoms with E-state index in [1.807, 2.05) is 30.5 Å². The van der Waals surface area contributed by atoms with Crippen LogP contribution in [-0.4, -0.2) is 47.7 Å². The molecule has 8 nitrogen and oxygen atoms in total. The van der Waals surface area contributed by atoms with E-state index in [0.717, 1.165) is 72.2 Å². The molecule has 6 rings (SSSR count). The van der Waals surface area contributed by atoms with Crippen LogP contribution in [0.2, 0.25) is 5.02 Å². The number of nitrogens with zero attached hydrogens (tertiary/aromatic N) is 4. The highest BCUT2D eigenvalue weighted by atomic mass is 35.5. The number of halogens is 1. The second kappa shape index (κ2) is 10.0. The maximum absolute atomic E-state index is 6.37. The first-order valence-corrected chi connectivity index (χ1v) is 12.4. The molecule has 2 aromatic carbocycles. The highest BCUT2D eigenvalue weighted by molar-refractivity contribution is 6.32. The highest BCUT2D eigenvalue weighted by Gasteiger charge is 2.13. The van der Waals surface area contributed by atoms with Crippen LogP contribution in [0, 0.1) is 0 Å². The lowest BCUT2D eigenvalue weighted by Gasteiger charge is -2.28. The smallest absolute Gasteiger partial charge is 0.229 e. The van der Waals surface area contributed by atoms with Gasteiger partial charge in [-0.25, -0.2) is 9.97 Å². The van der Waals surface area contributed by atoms with Gasteiger partial charge < -0.3 is 25.6 Å². The minimum Gasteiger partial charge on any atom is -0.493 e. The molecule has 0 aliphatic carbocycles. The Bertz CT molecular complexity index is 1370. The number of aromatic nitrogens is 3. The second-order valence-electron chi connectivity index (χ2n) is 8.83. The third-order valence-electron chi connectivity index (χ3n) is 6.27. The van der Waals surface area contributed by atoms with Gasteiger partial charge in [-0.3, -0.25) is 0 Å². The summed E-state index contributed by atoms with van der Waals surface area (Å²) in [6, 6.07) is 18.4. The van der Waals surface area contributed by atoms with Gasteiger partial charge in [-0.15, -0.1) is 0 Å². The van der Waals surface area contributed by atoms with Crippen LogP contribution in [0.5, 0.6) is 5.75 Å². The van der Waals surface area contributed by atoms with Crippen LogP contribution < -0.4 is 25.6 Å². The molecule has 0 atom stereocenters. The van der Waals surface area contributed by atoms with Gasteiger partial charge in [0.2, 0.25) is 5.95 Å². The summed E-state index contributed by atoms with van der Waals surface area (Å²) in [6.45, 7) is 4.45. The van der Waals surface area contributed by atoms with Crippen LogP contribution in [-0.2, 0) is 6.42 Å². The van der Waals surface area contributed by atoms with E-state index in [4.69, 9.17) is 21.3 Å². The Hall–Kier alpha value is -3.88. The van der Waals surface area contributed by atoms with Crippen LogP contribution in [0.15, 0.2) is 67.0 Å². The van der Waals surface area contributed by atoms with Gasteiger partial charge >= 0.3 is 0 Å². The van der Waals surface area contributed by atoms with Gasteiger partial charge in [0.25, 0.3) is 0 Å². The number of hydrogen-bond acceptors (Lipinski definition) is 8. The number of benzene rings is 2. The number of nitrogens with one attached hydrogen (secondary N) is 3. The number of ether oxygens (including phenoxy) is 1. The molecular formula is C27H26ClN7O. The van der Waals surface area contributed by atoms with E-state index in [2.05, 4.69) is 61.2 Å². The first-order chi connectivity index (χ1) is 17.7. The Morgan fingerprint density at radius 1 is 0.861 bits per heavy atom. The zero-order chi connectivity index (χ0) is 24.3. The molecule has 0 radical (unpaired) electrons. The van der Waals surface area contributed by atoms with Crippen LogP contribution in [0.25, 0.3) is 11.1 Å². The van der Waals surface area contributed by atoms with Crippen molar-refractivity contribution in [1.82, 2.24) is 20.3 Å². The summed E-state index contributed by atoms with van der Waals surface area (Å²) >= 11 is 6.37. The summed E-state index contributed by atoms with van der Waals surface area (Å²) in [5.41, 5.74) is 4.98. The van der Waals surface area contributed by atoms with Gasteiger partial charge in [-0.1, -0.05) is 23.7 Å². The fourth-order valence-electron chi connectivity index (χ4n) is 4.44. The van der Waals surface area contributed by atoms with Crippen molar-refractivity contribution in [2.45, 2.75) is 6.42 Å². The number of piperazine rings is 1. The fraction of sp³-hybridized carbons (Fsp3) is 0.222. The third kappa shape index (κ3) is 5.05. The Morgan fingerprint density at radius 2 is 1.78 bits per heavy atom. The van der Waals surface area contributed by atoms with E-state index in [0.29, 0.717) is 23.4 Å². The molecule has 0 spiro atoms. The number of anilines is 5. The average Bonchev–Trinajstić information content (AvgIpc) is 2.91. The molecule has 36 heavy (non-hydrogen) atoms. The van der Waals surface area contributed by atoms with E-state index < -0.39 is 0 Å². The highest BCUT2D eigenvalue weighted by Crippen LogP contribution is 2.30. The van der Waals surface area contributed by atoms with Crippen molar-refractivity contribution in [3.8, 4) is 16.9 Å². The van der Waals surface area contributed by atoms with Crippen molar-refractivity contribution in [2.24, 2.45) is 0 Å². The first-order valence-electron chi connectivity index (χ1n) is 12.1. The molecule has 0 amide bonds. The van der Waals surface area contributed by atoms with Crippen molar-refractivity contribution >= 4 is 40.6 Å². The average molecular weight is 500 g/mol. The molecule has 1 saturated heterocycles. The molecule has 4 heterocycles. The Morgan fingerprint density at radius 3 is 2.64 bits per heavy atom. The summed E-state index contributed by atoms with van der Waals surface area (Å²) in [4.78, 5) is 16.1. The summed E-state index contributed by atoms with van der Waals surface area (Å²) in [5, 5.41) is 10.4. The van der Waals surface area contributed by atoms with Crippen molar-refractivity contribution in [3.63, 3.8) is 0 Å². The number of rotatable bonds is 2. The molecule has 1 fully saturated rings. The summed E-state index contributed by atoms with van der Waals surface area (Å²) in [7, 11) is 0. The van der Waals surface area contributed by atoms with Crippen LogP contribution in [0.4, 0.5) is 29.0 Å². The molecule has 0 unspecified atom stereocenters. The van der Waals surface area contributed by atoms with Gasteiger partial charge in [-0.05, 0) is 47.5 Å². The molecule has 6 bridgehead atoms. The Labute approximate surface area is 214 Å². The predicted molar refractivity (Wildman–Crippen MR) is 144 cm³/mol. The second-order valence-corrected chi connectivity index (χ2v) is 9.23. The topological polar surface area (TPSA) is 87.2 Å². The molecule has 2 aromatic heterocycles. The first kappa shape index (κ1) is 22.6. The normalized spacial score (nSPS) is 15.2.